The summed E-state index contributed by atoms with van der Waals surface area (Å²) in [5.41, 5.74) is 7.05. The first-order valence-electron chi connectivity index (χ1n) is 13.4. The minimum atomic E-state index is -3.78. The van der Waals surface area contributed by atoms with E-state index in [1.54, 1.807) is 0 Å². The molecular formula is C30H40N6O2S2. The van der Waals surface area contributed by atoms with Crippen LogP contribution in [0.2, 0.25) is 0 Å². The van der Waals surface area contributed by atoms with Crippen molar-refractivity contribution >= 4 is 49.9 Å². The van der Waals surface area contributed by atoms with E-state index in [2.05, 4.69) is 100.0 Å². The molecule has 0 amide bonds. The molecule has 214 valence electrons. The van der Waals surface area contributed by atoms with Crippen LogP contribution >= 0.6 is 11.8 Å². The van der Waals surface area contributed by atoms with E-state index in [0.717, 1.165) is 56.8 Å². The molecule has 0 spiro atoms. The summed E-state index contributed by atoms with van der Waals surface area (Å²) in [5, 5.41) is 0.325. The summed E-state index contributed by atoms with van der Waals surface area (Å²) in [4.78, 5) is 11.3. The molecule has 3 aromatic carbocycles. The molecule has 0 atom stereocenters. The molecule has 0 unspecified atom stereocenters. The highest BCUT2D eigenvalue weighted by Crippen LogP contribution is 2.55. The fourth-order valence-electron chi connectivity index (χ4n) is 4.86. The van der Waals surface area contributed by atoms with Gasteiger partial charge in [0.1, 0.15) is 4.75 Å². The Hall–Kier alpha value is -3.21. The third-order valence-electron chi connectivity index (χ3n) is 7.24. The van der Waals surface area contributed by atoms with Crippen molar-refractivity contribution in [2.24, 2.45) is 4.99 Å². The summed E-state index contributed by atoms with van der Waals surface area (Å²) in [6.07, 6.45) is 0. The third kappa shape index (κ3) is 5.66. The lowest BCUT2D eigenvalue weighted by molar-refractivity contribution is 0.516. The highest BCUT2D eigenvalue weighted by molar-refractivity contribution is 8.16. The van der Waals surface area contributed by atoms with Crippen molar-refractivity contribution in [2.45, 2.75) is 18.6 Å². The van der Waals surface area contributed by atoms with E-state index in [9.17, 15) is 8.42 Å². The van der Waals surface area contributed by atoms with Gasteiger partial charge in [-0.25, -0.2) is 9.71 Å². The highest BCUT2D eigenvalue weighted by atomic mass is 32.2. The first-order valence-corrected chi connectivity index (χ1v) is 15.6. The molecule has 1 aliphatic heterocycles. The molecule has 1 aliphatic rings. The van der Waals surface area contributed by atoms with Crippen molar-refractivity contribution in [2.75, 3.05) is 70.1 Å². The van der Waals surface area contributed by atoms with Crippen molar-refractivity contribution in [3.8, 4) is 0 Å². The lowest BCUT2D eigenvalue weighted by Crippen LogP contribution is -2.41. The number of nitrogens with zero attached hydrogens (tertiary/aromatic N) is 5. The van der Waals surface area contributed by atoms with Crippen LogP contribution < -0.4 is 19.4 Å². The molecule has 0 fully saturated rings. The number of nitrogens with one attached hydrogen (secondary N) is 1. The van der Waals surface area contributed by atoms with Crippen LogP contribution in [0.1, 0.15) is 30.5 Å². The van der Waals surface area contributed by atoms with Crippen LogP contribution in [0, 0.1) is 0 Å². The summed E-state index contributed by atoms with van der Waals surface area (Å²) in [7, 11) is 7.32. The number of aliphatic imine (C=N–C) groups is 1. The molecule has 1 N–H and O–H groups in total. The number of fused-ring (bicyclic) bond motifs is 1. The number of anilines is 3. The zero-order valence-corrected chi connectivity index (χ0v) is 26.3. The van der Waals surface area contributed by atoms with E-state index < -0.39 is 15.0 Å². The van der Waals surface area contributed by atoms with E-state index in [4.69, 9.17) is 4.99 Å². The molecule has 10 heteroatoms. The zero-order valence-electron chi connectivity index (χ0n) is 24.6. The quantitative estimate of drug-likeness (QED) is 0.380. The molecule has 8 nitrogen and oxygen atoms in total. The lowest BCUT2D eigenvalue weighted by atomic mass is 9.82. The number of hydrogen-bond donors (Lipinski definition) is 1. The average molecular weight is 581 g/mol. The molecule has 0 bridgehead atoms. The van der Waals surface area contributed by atoms with Crippen LogP contribution in [0.5, 0.6) is 0 Å². The Balaban J connectivity index is 2.02. The van der Waals surface area contributed by atoms with Crippen LogP contribution in [0.3, 0.4) is 0 Å². The summed E-state index contributed by atoms with van der Waals surface area (Å²) >= 11 is 1.42. The maximum absolute atomic E-state index is 13.0. The molecule has 1 heterocycles. The summed E-state index contributed by atoms with van der Waals surface area (Å²) < 4.78 is 29.2. The van der Waals surface area contributed by atoms with Crippen LogP contribution in [0.15, 0.2) is 71.7 Å². The predicted octanol–water partition coefficient (Wildman–Crippen LogP) is 5.09. The van der Waals surface area contributed by atoms with Crippen LogP contribution in [0.25, 0.3) is 0 Å². The minimum Gasteiger partial charge on any atom is -0.378 e. The Morgan fingerprint density at radius 2 is 1.23 bits per heavy atom. The molecule has 40 heavy (non-hydrogen) atoms. The standard InChI is InChI=1S/C30H40N6O2S2/c1-9-36(10-2)26-19-20-27-28(21-26)31-29(32-40(37,38)35(7)8)39-30(27,22-11-15-24(16-12-22)33(3)4)23-13-17-25(18-14-23)34(5)6/h11-21H,9-10H2,1-8H3,(H,31,32). The van der Waals surface area contributed by atoms with Crippen molar-refractivity contribution in [1.82, 2.24) is 9.03 Å². The van der Waals surface area contributed by atoms with E-state index in [0.29, 0.717) is 5.17 Å². The number of rotatable bonds is 9. The fourth-order valence-corrected chi connectivity index (χ4v) is 7.01. The second-order valence-corrected chi connectivity index (χ2v) is 13.4. The van der Waals surface area contributed by atoms with Crippen LogP contribution in [-0.2, 0) is 15.0 Å². The van der Waals surface area contributed by atoms with Crippen molar-refractivity contribution in [3.63, 3.8) is 0 Å². The lowest BCUT2D eigenvalue weighted by Gasteiger charge is -2.39. The Kier molecular flexibility index (Phi) is 8.72. The predicted molar refractivity (Wildman–Crippen MR) is 172 cm³/mol. The molecule has 3 aromatic rings. The largest absolute Gasteiger partial charge is 0.378 e. The molecular weight excluding hydrogens is 541 g/mol. The second kappa shape index (κ2) is 11.7. The molecule has 4 rings (SSSR count). The Bertz CT molecular complexity index is 1410. The molecule has 0 aliphatic carbocycles. The smallest absolute Gasteiger partial charge is 0.302 e. The van der Waals surface area contributed by atoms with E-state index >= 15 is 0 Å². The number of benzene rings is 3. The molecule has 0 radical (unpaired) electrons. The number of amidine groups is 1. The van der Waals surface area contributed by atoms with Gasteiger partial charge in [0.15, 0.2) is 5.17 Å². The minimum absolute atomic E-state index is 0.325. The maximum Gasteiger partial charge on any atom is 0.302 e. The van der Waals surface area contributed by atoms with Crippen molar-refractivity contribution in [3.05, 3.63) is 83.4 Å². The summed E-state index contributed by atoms with van der Waals surface area (Å²) in [6, 6.07) is 23.3. The van der Waals surface area contributed by atoms with Gasteiger partial charge in [-0.3, -0.25) is 0 Å². The van der Waals surface area contributed by atoms with Gasteiger partial charge in [0.05, 0.1) is 5.69 Å². The zero-order chi connectivity index (χ0) is 29.2. The fraction of sp³-hybridized carbons (Fsp3) is 0.367. The molecule has 0 aromatic heterocycles. The first kappa shape index (κ1) is 29.8. The second-order valence-electron chi connectivity index (χ2n) is 10.3. The average Bonchev–Trinajstić information content (AvgIpc) is 2.93. The van der Waals surface area contributed by atoms with E-state index in [1.165, 1.54) is 25.9 Å². The van der Waals surface area contributed by atoms with E-state index in [-0.39, 0.29) is 0 Å². The van der Waals surface area contributed by atoms with Crippen LogP contribution in [0.4, 0.5) is 22.7 Å². The third-order valence-corrected chi connectivity index (χ3v) is 10.2. The van der Waals surface area contributed by atoms with Gasteiger partial charge in [-0.05, 0) is 61.4 Å². The Morgan fingerprint density at radius 3 is 1.65 bits per heavy atom. The van der Waals surface area contributed by atoms with Gasteiger partial charge >= 0.3 is 10.2 Å². The first-order chi connectivity index (χ1) is 18.9. The SMILES string of the molecule is CCN(CC)c1ccc2c(c1)N=C(NS(=O)(=O)N(C)C)SC2(c1ccc(N(C)C)cc1)c1ccc(N(C)C)cc1. The van der Waals surface area contributed by atoms with Crippen LogP contribution in [-0.4, -0.2) is 73.3 Å². The maximum atomic E-state index is 13.0. The van der Waals surface area contributed by atoms with Crippen molar-refractivity contribution < 1.29 is 8.42 Å². The topological polar surface area (TPSA) is 71.5 Å². The Morgan fingerprint density at radius 1 is 0.750 bits per heavy atom. The monoisotopic (exact) mass is 580 g/mol. The van der Waals surface area contributed by atoms with Gasteiger partial charge < -0.3 is 14.7 Å². The summed E-state index contributed by atoms with van der Waals surface area (Å²) in [5.74, 6) is 0. The van der Waals surface area contributed by atoms with Gasteiger partial charge in [-0.2, -0.15) is 12.7 Å². The highest BCUT2D eigenvalue weighted by Gasteiger charge is 2.44. The Labute approximate surface area is 243 Å². The molecule has 0 saturated carbocycles. The number of thioether (sulfide) groups is 1. The van der Waals surface area contributed by atoms with E-state index in [1.807, 2.05) is 28.2 Å². The van der Waals surface area contributed by atoms with Crippen molar-refractivity contribution in [1.29, 1.82) is 0 Å². The normalized spacial score (nSPS) is 14.4. The van der Waals surface area contributed by atoms with Gasteiger partial charge in [0, 0.05) is 78.0 Å². The van der Waals surface area contributed by atoms with Gasteiger partial charge in [-0.15, -0.1) is 0 Å². The van der Waals surface area contributed by atoms with Gasteiger partial charge in [0.25, 0.3) is 0 Å². The number of hydrogen-bond acceptors (Lipinski definition) is 7. The van der Waals surface area contributed by atoms with Gasteiger partial charge in [-0.1, -0.05) is 42.1 Å². The summed E-state index contributed by atoms with van der Waals surface area (Å²) in [6.45, 7) is 5.97. The molecule has 0 saturated heterocycles. The van der Waals surface area contributed by atoms with Gasteiger partial charge in [0.2, 0.25) is 0 Å².